The monoisotopic (exact) mass is 440 g/mol. The lowest BCUT2D eigenvalue weighted by Gasteiger charge is -2.30. The van der Waals surface area contributed by atoms with Crippen molar-refractivity contribution in [2.45, 2.75) is 37.5 Å². The van der Waals surface area contributed by atoms with Gasteiger partial charge in [0.25, 0.3) is 0 Å². The van der Waals surface area contributed by atoms with Gasteiger partial charge in [-0.1, -0.05) is 18.2 Å². The van der Waals surface area contributed by atoms with E-state index in [9.17, 15) is 13.2 Å². The summed E-state index contributed by atoms with van der Waals surface area (Å²) in [7, 11) is -3.67. The van der Waals surface area contributed by atoms with Crippen molar-refractivity contribution in [3.8, 4) is 11.5 Å². The molecule has 0 saturated carbocycles. The van der Waals surface area contributed by atoms with Gasteiger partial charge in [0.15, 0.2) is 0 Å². The minimum Gasteiger partial charge on any atom is -0.420 e. The van der Waals surface area contributed by atoms with E-state index in [1.54, 1.807) is 12.1 Å². The first kappa shape index (κ1) is 21.2. The molecule has 1 fully saturated rings. The molecule has 1 aliphatic heterocycles. The van der Waals surface area contributed by atoms with E-state index in [0.29, 0.717) is 30.4 Å². The average Bonchev–Trinajstić information content (AvgIpc) is 3.24. The van der Waals surface area contributed by atoms with Crippen LogP contribution in [0.25, 0.3) is 11.5 Å². The lowest BCUT2D eigenvalue weighted by atomic mass is 10.00. The third-order valence-electron chi connectivity index (χ3n) is 5.36. The van der Waals surface area contributed by atoms with Crippen molar-refractivity contribution in [3.63, 3.8) is 0 Å². The Morgan fingerprint density at radius 1 is 1.13 bits per heavy atom. The molecule has 1 N–H and O–H groups in total. The molecule has 8 nitrogen and oxygen atoms in total. The average molecular weight is 441 g/mol. The van der Waals surface area contributed by atoms with Gasteiger partial charge in [0.1, 0.15) is 0 Å². The zero-order valence-electron chi connectivity index (χ0n) is 17.4. The molecule has 1 amide bonds. The second-order valence-corrected chi connectivity index (χ2v) is 9.61. The van der Waals surface area contributed by atoms with Crippen molar-refractivity contribution in [3.05, 3.63) is 60.0 Å². The standard InChI is InChI=1S/C22H24N4O4S/c1-15-6-3-4-8-20(15)22-25-24-21(30-22)17-7-5-13-26(14-17)31(28,29)19-11-9-18(10-12-19)23-16(2)27/h3-4,6,8-12,17H,5,7,13-14H2,1-2H3,(H,23,27)/t17-/m1/s1. The van der Waals surface area contributed by atoms with Crippen LogP contribution in [0.2, 0.25) is 0 Å². The molecule has 2 aromatic carbocycles. The van der Waals surface area contributed by atoms with Crippen LogP contribution in [-0.2, 0) is 14.8 Å². The van der Waals surface area contributed by atoms with Crippen LogP contribution >= 0.6 is 0 Å². The minimum atomic E-state index is -3.67. The Balaban J connectivity index is 1.52. The first-order valence-electron chi connectivity index (χ1n) is 10.1. The number of hydrogen-bond acceptors (Lipinski definition) is 6. The number of piperidine rings is 1. The van der Waals surface area contributed by atoms with Gasteiger partial charge in [-0.2, -0.15) is 4.31 Å². The van der Waals surface area contributed by atoms with Crippen LogP contribution in [0, 0.1) is 6.92 Å². The number of carbonyl (C=O) groups excluding carboxylic acids is 1. The van der Waals surface area contributed by atoms with Gasteiger partial charge < -0.3 is 9.73 Å². The number of benzene rings is 2. The second kappa shape index (κ2) is 8.60. The fraction of sp³-hybridized carbons (Fsp3) is 0.318. The first-order valence-corrected chi connectivity index (χ1v) is 11.6. The maximum Gasteiger partial charge on any atom is 0.248 e. The SMILES string of the molecule is CC(=O)Nc1ccc(S(=O)(=O)N2CCC[C@@H](c3nnc(-c4ccccc4C)o3)C2)cc1. The maximum absolute atomic E-state index is 13.1. The topological polar surface area (TPSA) is 105 Å². The Morgan fingerprint density at radius 2 is 1.87 bits per heavy atom. The number of nitrogens with one attached hydrogen (secondary N) is 1. The molecule has 0 aliphatic carbocycles. The van der Waals surface area contributed by atoms with Crippen molar-refractivity contribution in [1.29, 1.82) is 0 Å². The Labute approximate surface area is 181 Å². The van der Waals surface area contributed by atoms with Crippen molar-refractivity contribution < 1.29 is 17.6 Å². The van der Waals surface area contributed by atoms with Crippen LogP contribution in [0.5, 0.6) is 0 Å². The smallest absolute Gasteiger partial charge is 0.248 e. The highest BCUT2D eigenvalue weighted by Gasteiger charge is 2.33. The van der Waals surface area contributed by atoms with Crippen LogP contribution in [-0.4, -0.2) is 41.9 Å². The third kappa shape index (κ3) is 4.52. The molecule has 2 heterocycles. The number of anilines is 1. The van der Waals surface area contributed by atoms with Crippen molar-refractivity contribution >= 4 is 21.6 Å². The van der Waals surface area contributed by atoms with E-state index in [1.165, 1.54) is 23.4 Å². The van der Waals surface area contributed by atoms with Gasteiger partial charge in [0.2, 0.25) is 27.7 Å². The van der Waals surface area contributed by atoms with Gasteiger partial charge in [-0.15, -0.1) is 10.2 Å². The fourth-order valence-electron chi connectivity index (χ4n) is 3.75. The number of aryl methyl sites for hydroxylation is 1. The normalized spacial score (nSPS) is 17.4. The molecule has 1 saturated heterocycles. The predicted molar refractivity (Wildman–Crippen MR) is 116 cm³/mol. The highest BCUT2D eigenvalue weighted by atomic mass is 32.2. The Bertz CT molecular complexity index is 1190. The van der Waals surface area contributed by atoms with Gasteiger partial charge >= 0.3 is 0 Å². The molecule has 162 valence electrons. The van der Waals surface area contributed by atoms with E-state index < -0.39 is 10.0 Å². The summed E-state index contributed by atoms with van der Waals surface area (Å²) >= 11 is 0. The molecule has 4 rings (SSSR count). The summed E-state index contributed by atoms with van der Waals surface area (Å²) in [4.78, 5) is 11.4. The molecule has 1 atom stereocenters. The molecule has 31 heavy (non-hydrogen) atoms. The van der Waals surface area contributed by atoms with Crippen molar-refractivity contribution in [2.24, 2.45) is 0 Å². The Hall–Kier alpha value is -3.04. The summed E-state index contributed by atoms with van der Waals surface area (Å²) in [6.45, 7) is 4.10. The molecule has 0 spiro atoms. The Kier molecular flexibility index (Phi) is 5.88. The fourth-order valence-corrected chi connectivity index (χ4v) is 5.27. The lowest BCUT2D eigenvalue weighted by Crippen LogP contribution is -2.39. The van der Waals surface area contributed by atoms with Crippen LogP contribution in [0.4, 0.5) is 5.69 Å². The molecule has 0 unspecified atom stereocenters. The summed E-state index contributed by atoms with van der Waals surface area (Å²) in [5, 5.41) is 11.0. The summed E-state index contributed by atoms with van der Waals surface area (Å²) in [6.07, 6.45) is 1.48. The van der Waals surface area contributed by atoms with Gasteiger partial charge in [0, 0.05) is 31.3 Å². The number of aromatic nitrogens is 2. The van der Waals surface area contributed by atoms with Crippen molar-refractivity contribution in [2.75, 3.05) is 18.4 Å². The molecule has 9 heteroatoms. The summed E-state index contributed by atoms with van der Waals surface area (Å²) < 4.78 is 33.7. The van der Waals surface area contributed by atoms with Crippen LogP contribution < -0.4 is 5.32 Å². The summed E-state index contributed by atoms with van der Waals surface area (Å²) in [5.41, 5.74) is 2.46. The van der Waals surface area contributed by atoms with Crippen LogP contribution in [0.3, 0.4) is 0 Å². The molecule has 1 aliphatic rings. The predicted octanol–water partition coefficient (Wildman–Crippen LogP) is 3.57. The van der Waals surface area contributed by atoms with E-state index in [1.807, 2.05) is 31.2 Å². The zero-order valence-corrected chi connectivity index (χ0v) is 18.2. The van der Waals surface area contributed by atoms with Gasteiger partial charge in [-0.05, 0) is 55.7 Å². The number of hydrogen-bond donors (Lipinski definition) is 1. The Morgan fingerprint density at radius 3 is 2.58 bits per heavy atom. The molecular formula is C22H24N4O4S. The van der Waals surface area contributed by atoms with E-state index in [-0.39, 0.29) is 23.3 Å². The first-order chi connectivity index (χ1) is 14.8. The molecular weight excluding hydrogens is 416 g/mol. The molecule has 3 aromatic rings. The number of rotatable bonds is 5. The van der Waals surface area contributed by atoms with E-state index in [0.717, 1.165) is 17.5 Å². The second-order valence-electron chi connectivity index (χ2n) is 7.67. The van der Waals surface area contributed by atoms with E-state index in [2.05, 4.69) is 15.5 Å². The van der Waals surface area contributed by atoms with Crippen LogP contribution in [0.1, 0.15) is 37.1 Å². The lowest BCUT2D eigenvalue weighted by molar-refractivity contribution is -0.114. The largest absolute Gasteiger partial charge is 0.420 e. The van der Waals surface area contributed by atoms with Crippen molar-refractivity contribution in [1.82, 2.24) is 14.5 Å². The van der Waals surface area contributed by atoms with Gasteiger partial charge in [0.05, 0.1) is 10.8 Å². The number of sulfonamides is 1. The maximum atomic E-state index is 13.1. The molecule has 0 bridgehead atoms. The van der Waals surface area contributed by atoms with E-state index >= 15 is 0 Å². The van der Waals surface area contributed by atoms with E-state index in [4.69, 9.17) is 4.42 Å². The highest BCUT2D eigenvalue weighted by Crippen LogP contribution is 2.32. The minimum absolute atomic E-state index is 0.160. The number of amides is 1. The van der Waals surface area contributed by atoms with Gasteiger partial charge in [-0.25, -0.2) is 8.42 Å². The highest BCUT2D eigenvalue weighted by molar-refractivity contribution is 7.89. The zero-order chi connectivity index (χ0) is 22.0. The van der Waals surface area contributed by atoms with Gasteiger partial charge in [-0.3, -0.25) is 4.79 Å². The van der Waals surface area contributed by atoms with Crippen LogP contribution in [0.15, 0.2) is 57.8 Å². The molecule has 1 aromatic heterocycles. The number of nitrogens with zero attached hydrogens (tertiary/aromatic N) is 3. The summed E-state index contributed by atoms with van der Waals surface area (Å²) in [5.74, 6) is 0.535. The number of carbonyl (C=O) groups is 1. The third-order valence-corrected chi connectivity index (χ3v) is 7.24. The molecule has 0 radical (unpaired) electrons. The quantitative estimate of drug-likeness (QED) is 0.650. The summed E-state index contributed by atoms with van der Waals surface area (Å²) in [6, 6.07) is 14.0.